The molecule has 72 heavy (non-hydrogen) atoms. The summed E-state index contributed by atoms with van der Waals surface area (Å²) < 4.78 is 56.9. The Labute approximate surface area is 421 Å². The summed E-state index contributed by atoms with van der Waals surface area (Å²) in [6, 6.07) is 7.40. The molecule has 19 nitrogen and oxygen atoms in total. The Morgan fingerprint density at radius 3 is 2.10 bits per heavy atom. The molecule has 0 radical (unpaired) electrons. The Morgan fingerprint density at radius 2 is 1.51 bits per heavy atom. The zero-order chi connectivity index (χ0) is 52.5. The number of aromatic nitrogens is 5. The zero-order valence-corrected chi connectivity index (χ0v) is 42.8. The molecule has 0 unspecified atom stereocenters. The van der Waals surface area contributed by atoms with E-state index in [-0.39, 0.29) is 101 Å². The van der Waals surface area contributed by atoms with E-state index >= 15 is 0 Å². The SMILES string of the molecule is C[C@H](N)CNc1ccc(-n2cc(-c3cnc(C(=O)Nc4ccc(C(=O)N5CCN(C(=O)C6CC[N+](CC(=O)OC(C)(C)C)(CC7CN(C(=O)OC(C)(C)C)C7)CC6)CC5)c(Cl)c4)n3C)c(C(F)(F)F)n2)nc1. The molecule has 0 spiro atoms. The van der Waals surface area contributed by atoms with Crippen LogP contribution in [0.15, 0.2) is 48.9 Å². The first-order valence-corrected chi connectivity index (χ1v) is 24.4. The lowest BCUT2D eigenvalue weighted by Crippen LogP contribution is -2.64. The van der Waals surface area contributed by atoms with Crippen LogP contribution >= 0.6 is 11.6 Å². The smallest absolute Gasteiger partial charge is 0.435 e. The number of ether oxygens (including phenoxy) is 2. The average molecular weight is 1030 g/mol. The second kappa shape index (κ2) is 21.1. The molecule has 3 aromatic heterocycles. The molecule has 0 bridgehead atoms. The number of anilines is 2. The van der Waals surface area contributed by atoms with Crippen molar-refractivity contribution >= 4 is 52.8 Å². The van der Waals surface area contributed by atoms with Crippen molar-refractivity contribution in [2.45, 2.75) is 84.7 Å². The number of piperazine rings is 1. The summed E-state index contributed by atoms with van der Waals surface area (Å²) in [6.45, 7) is 17.6. The summed E-state index contributed by atoms with van der Waals surface area (Å²) in [5, 5.41) is 9.60. The number of imidazole rings is 1. The second-order valence-electron chi connectivity index (χ2n) is 21.1. The monoisotopic (exact) mass is 1030 g/mol. The fourth-order valence-electron chi connectivity index (χ4n) is 9.30. The number of hydrogen-bond acceptors (Lipinski definition) is 12. The third-order valence-electron chi connectivity index (χ3n) is 12.8. The quantitative estimate of drug-likeness (QED) is 0.103. The molecule has 3 fully saturated rings. The number of amides is 4. The van der Waals surface area contributed by atoms with Crippen LogP contribution in [0.2, 0.25) is 5.02 Å². The molecule has 3 aliphatic heterocycles. The predicted molar refractivity (Wildman–Crippen MR) is 262 cm³/mol. The largest absolute Gasteiger partial charge is 0.456 e. The van der Waals surface area contributed by atoms with E-state index in [0.29, 0.717) is 75.4 Å². The van der Waals surface area contributed by atoms with E-state index in [4.69, 9.17) is 26.8 Å². The van der Waals surface area contributed by atoms with E-state index in [1.165, 1.54) is 48.3 Å². The molecule has 23 heteroatoms. The van der Waals surface area contributed by atoms with Gasteiger partial charge in [0.05, 0.1) is 59.6 Å². The summed E-state index contributed by atoms with van der Waals surface area (Å²) in [4.78, 5) is 80.4. The van der Waals surface area contributed by atoms with Gasteiger partial charge in [0, 0.05) is 95.5 Å². The van der Waals surface area contributed by atoms with Gasteiger partial charge in [-0.1, -0.05) is 11.6 Å². The first kappa shape index (κ1) is 53.5. The number of carbonyl (C=O) groups excluding carboxylic acids is 5. The maximum atomic E-state index is 14.3. The van der Waals surface area contributed by atoms with Crippen molar-refractivity contribution in [3.8, 4) is 17.1 Å². The van der Waals surface area contributed by atoms with Gasteiger partial charge in [-0.2, -0.15) is 18.3 Å². The molecular weight excluding hydrogens is 961 g/mol. The maximum Gasteiger partial charge on any atom is 0.435 e. The molecule has 4 aromatic rings. The van der Waals surface area contributed by atoms with Crippen molar-refractivity contribution in [2.75, 3.05) is 82.6 Å². The van der Waals surface area contributed by atoms with Crippen molar-refractivity contribution in [1.82, 2.24) is 39.0 Å². The number of esters is 1. The molecule has 1 aromatic carbocycles. The third kappa shape index (κ3) is 13.0. The highest BCUT2D eigenvalue weighted by atomic mass is 35.5. The first-order valence-electron chi connectivity index (χ1n) is 24.1. The number of nitrogens with one attached hydrogen (secondary N) is 2. The molecule has 0 saturated carbocycles. The highest BCUT2D eigenvalue weighted by molar-refractivity contribution is 6.34. The number of nitrogens with zero attached hydrogens (tertiary/aromatic N) is 9. The number of benzene rings is 1. The summed E-state index contributed by atoms with van der Waals surface area (Å²) in [6.07, 6.45) is -0.265. The van der Waals surface area contributed by atoms with E-state index in [2.05, 4.69) is 25.7 Å². The van der Waals surface area contributed by atoms with Crippen LogP contribution in [0, 0.1) is 11.8 Å². The van der Waals surface area contributed by atoms with Gasteiger partial charge in [0.25, 0.3) is 11.8 Å². The van der Waals surface area contributed by atoms with Crippen LogP contribution in [-0.2, 0) is 32.3 Å². The zero-order valence-electron chi connectivity index (χ0n) is 42.0. The highest BCUT2D eigenvalue weighted by Crippen LogP contribution is 2.37. The molecule has 3 aliphatic rings. The Bertz CT molecular complexity index is 2640. The molecular formula is C49H65ClF3N12O7+. The van der Waals surface area contributed by atoms with E-state index in [1.807, 2.05) is 48.5 Å². The van der Waals surface area contributed by atoms with E-state index in [9.17, 15) is 37.1 Å². The van der Waals surface area contributed by atoms with Gasteiger partial charge in [-0.15, -0.1) is 0 Å². The standard InChI is InChI=1S/C49H64ClF3N12O7/c1-30(54)22-55-34-10-12-39(56-23-34)64-27-36(41(59-64)49(51,52)53)38-24-57-42(60(38)8)43(67)58-33-9-11-35(37(50)21-33)45(69)62-17-15-61(16-18-62)44(68)32-13-19-65(20-14-32,29-40(66)71-47(2,3)4)28-31-25-63(26-31)46(70)72-48(5,6)7/h9-12,21,23-24,27,30-32,55H,13-20,22,25-26,28-29,54H2,1-8H3/p+1/t30-,32?,65?/m0/s1. The average Bonchev–Trinajstić information content (AvgIpc) is 3.90. The lowest BCUT2D eigenvalue weighted by molar-refractivity contribution is -0.930. The predicted octanol–water partition coefficient (Wildman–Crippen LogP) is 6.07. The highest BCUT2D eigenvalue weighted by Gasteiger charge is 2.46. The van der Waals surface area contributed by atoms with Gasteiger partial charge in [0.2, 0.25) is 5.91 Å². The number of quaternary nitrogens is 1. The third-order valence-corrected chi connectivity index (χ3v) is 13.1. The van der Waals surface area contributed by atoms with Gasteiger partial charge >= 0.3 is 18.2 Å². The summed E-state index contributed by atoms with van der Waals surface area (Å²) in [5.41, 5.74) is 4.02. The Balaban J connectivity index is 0.930. The van der Waals surface area contributed by atoms with Crippen molar-refractivity contribution in [1.29, 1.82) is 0 Å². The minimum Gasteiger partial charge on any atom is -0.456 e. The Kier molecular flexibility index (Phi) is 15.7. The second-order valence-corrected chi connectivity index (χ2v) is 21.5. The van der Waals surface area contributed by atoms with Gasteiger partial charge in [-0.25, -0.2) is 24.2 Å². The van der Waals surface area contributed by atoms with Crippen LogP contribution in [0.25, 0.3) is 17.1 Å². The number of pyridine rings is 1. The molecule has 7 rings (SSSR count). The number of rotatable bonds is 13. The summed E-state index contributed by atoms with van der Waals surface area (Å²) in [5.74, 6) is -1.53. The number of carbonyl (C=O) groups is 5. The first-order chi connectivity index (χ1) is 33.7. The maximum absolute atomic E-state index is 14.3. The van der Waals surface area contributed by atoms with Crippen LogP contribution < -0.4 is 16.4 Å². The van der Waals surface area contributed by atoms with Gasteiger partial charge in [-0.05, 0) is 78.8 Å². The van der Waals surface area contributed by atoms with Crippen molar-refractivity contribution < 1.29 is 51.1 Å². The number of hydrogen-bond donors (Lipinski definition) is 3. The van der Waals surface area contributed by atoms with Crippen LogP contribution in [0.3, 0.4) is 0 Å². The minimum atomic E-state index is -4.85. The molecule has 4 N–H and O–H groups in total. The van der Waals surface area contributed by atoms with E-state index < -0.39 is 29.0 Å². The van der Waals surface area contributed by atoms with Crippen LogP contribution in [-0.4, -0.2) is 163 Å². The summed E-state index contributed by atoms with van der Waals surface area (Å²) in [7, 11) is 1.41. The number of halogens is 4. The van der Waals surface area contributed by atoms with Gasteiger partial charge in [0.1, 0.15) is 11.2 Å². The Morgan fingerprint density at radius 1 is 0.875 bits per heavy atom. The van der Waals surface area contributed by atoms with Crippen LogP contribution in [0.1, 0.15) is 88.0 Å². The van der Waals surface area contributed by atoms with E-state index in [1.54, 1.807) is 20.8 Å². The van der Waals surface area contributed by atoms with E-state index in [0.717, 1.165) is 10.9 Å². The van der Waals surface area contributed by atoms with Crippen LogP contribution in [0.4, 0.5) is 29.3 Å². The molecule has 1 atom stereocenters. The Hall–Kier alpha value is -6.26. The number of piperidine rings is 1. The fraction of sp³-hybridized carbons (Fsp3) is 0.551. The lowest BCUT2D eigenvalue weighted by Gasteiger charge is -2.49. The van der Waals surface area contributed by atoms with Gasteiger partial charge in [-0.3, -0.25) is 14.4 Å². The molecule has 3 saturated heterocycles. The van der Waals surface area contributed by atoms with Gasteiger partial charge < -0.3 is 49.6 Å². The summed E-state index contributed by atoms with van der Waals surface area (Å²) >= 11 is 6.63. The van der Waals surface area contributed by atoms with Crippen LogP contribution in [0.5, 0.6) is 0 Å². The fourth-order valence-corrected chi connectivity index (χ4v) is 9.56. The molecule has 4 amide bonds. The van der Waals surface area contributed by atoms with Crippen molar-refractivity contribution in [3.05, 3.63) is 71.0 Å². The van der Waals surface area contributed by atoms with Crippen molar-refractivity contribution in [2.24, 2.45) is 24.6 Å². The molecule has 6 heterocycles. The topological polar surface area (TPSA) is 212 Å². The number of alkyl halides is 3. The van der Waals surface area contributed by atoms with Crippen molar-refractivity contribution in [3.63, 3.8) is 0 Å². The lowest BCUT2D eigenvalue weighted by atomic mass is 9.90. The minimum absolute atomic E-state index is 0.0101. The normalized spacial score (nSPS) is 19.3. The number of nitrogens with two attached hydrogens (primary N) is 1. The molecule has 0 aliphatic carbocycles. The van der Waals surface area contributed by atoms with Gasteiger partial charge in [0.15, 0.2) is 23.9 Å². The molecule has 390 valence electrons. The number of likely N-dealkylation sites (tertiary alicyclic amines) is 2.